The van der Waals surface area contributed by atoms with Gasteiger partial charge in [0.2, 0.25) is 0 Å². The molecule has 0 spiro atoms. The van der Waals surface area contributed by atoms with E-state index in [1.54, 1.807) is 0 Å². The Labute approximate surface area is 307 Å². The lowest BCUT2D eigenvalue weighted by atomic mass is 9.83. The maximum Gasteiger partial charge on any atom is 0.136 e. The molecule has 0 fully saturated rings. The molecule has 10 aromatic carbocycles. The Bertz CT molecular complexity index is 3150. The van der Waals surface area contributed by atoms with Gasteiger partial charge < -0.3 is 4.42 Å². The number of furan rings is 1. The van der Waals surface area contributed by atoms with Gasteiger partial charge in [0, 0.05) is 16.3 Å². The van der Waals surface area contributed by atoms with Gasteiger partial charge in [-0.05, 0) is 106 Å². The second-order valence-corrected chi connectivity index (χ2v) is 14.0. The van der Waals surface area contributed by atoms with E-state index in [9.17, 15) is 0 Å². The van der Waals surface area contributed by atoms with Gasteiger partial charge in [-0.3, -0.25) is 0 Å². The molecule has 0 atom stereocenters. The lowest BCUT2D eigenvalue weighted by Crippen LogP contribution is -1.93. The summed E-state index contributed by atoms with van der Waals surface area (Å²) >= 11 is 0. The van der Waals surface area contributed by atoms with E-state index in [4.69, 9.17) is 4.42 Å². The Kier molecular flexibility index (Phi) is 6.62. The van der Waals surface area contributed by atoms with Crippen molar-refractivity contribution in [1.29, 1.82) is 0 Å². The van der Waals surface area contributed by atoms with Crippen LogP contribution in [-0.4, -0.2) is 0 Å². The second kappa shape index (κ2) is 11.8. The first kappa shape index (κ1) is 29.7. The topological polar surface area (TPSA) is 13.1 Å². The van der Waals surface area contributed by atoms with Crippen molar-refractivity contribution in [1.82, 2.24) is 0 Å². The summed E-state index contributed by atoms with van der Waals surface area (Å²) in [4.78, 5) is 0. The van der Waals surface area contributed by atoms with E-state index in [2.05, 4.69) is 194 Å². The normalized spacial score (nSPS) is 11.8. The first-order chi connectivity index (χ1) is 26.3. The monoisotopic (exact) mass is 672 g/mol. The summed E-state index contributed by atoms with van der Waals surface area (Å²) in [7, 11) is 0. The largest absolute Gasteiger partial charge is 0.456 e. The Hall–Kier alpha value is -6.96. The minimum absolute atomic E-state index is 0.897. The Balaban J connectivity index is 1.24. The molecule has 246 valence electrons. The predicted octanol–water partition coefficient (Wildman–Crippen LogP) is 14.9. The van der Waals surface area contributed by atoms with Gasteiger partial charge in [-0.25, -0.2) is 0 Å². The van der Waals surface area contributed by atoms with E-state index < -0.39 is 0 Å². The molecule has 0 unspecified atom stereocenters. The molecule has 0 N–H and O–H groups in total. The average molecular weight is 673 g/mol. The highest BCUT2D eigenvalue weighted by Gasteiger charge is 2.23. The van der Waals surface area contributed by atoms with Gasteiger partial charge in [-0.2, -0.15) is 0 Å². The molecule has 0 radical (unpaired) electrons. The molecule has 0 aliphatic heterocycles. The molecule has 0 saturated heterocycles. The van der Waals surface area contributed by atoms with Crippen molar-refractivity contribution in [2.75, 3.05) is 0 Å². The lowest BCUT2D eigenvalue weighted by molar-refractivity contribution is 0.669. The van der Waals surface area contributed by atoms with Gasteiger partial charge >= 0.3 is 0 Å². The van der Waals surface area contributed by atoms with E-state index in [-0.39, 0.29) is 0 Å². The van der Waals surface area contributed by atoms with E-state index >= 15 is 0 Å². The molecule has 0 aliphatic rings. The molecule has 1 heterocycles. The van der Waals surface area contributed by atoms with Crippen molar-refractivity contribution in [2.24, 2.45) is 0 Å². The quantitative estimate of drug-likeness (QED) is 0.170. The van der Waals surface area contributed by atoms with Gasteiger partial charge in [0.05, 0.1) is 0 Å². The van der Waals surface area contributed by atoms with Crippen molar-refractivity contribution in [3.05, 3.63) is 194 Å². The van der Waals surface area contributed by atoms with Crippen LogP contribution in [0.4, 0.5) is 0 Å². The zero-order valence-electron chi connectivity index (χ0n) is 28.9. The van der Waals surface area contributed by atoms with Crippen LogP contribution in [0.2, 0.25) is 0 Å². The Morgan fingerprint density at radius 1 is 0.264 bits per heavy atom. The third-order valence-corrected chi connectivity index (χ3v) is 11.0. The molecular weight excluding hydrogens is 641 g/mol. The van der Waals surface area contributed by atoms with E-state index in [1.807, 2.05) is 0 Å². The van der Waals surface area contributed by atoms with Gasteiger partial charge in [-0.15, -0.1) is 0 Å². The summed E-state index contributed by atoms with van der Waals surface area (Å²) in [6, 6.07) is 70.4. The van der Waals surface area contributed by atoms with Crippen molar-refractivity contribution in [2.45, 2.75) is 0 Å². The fourth-order valence-electron chi connectivity index (χ4n) is 8.68. The molecule has 1 nitrogen and oxygen atoms in total. The summed E-state index contributed by atoms with van der Waals surface area (Å²) in [5, 5.41) is 12.1. The van der Waals surface area contributed by atoms with Crippen LogP contribution < -0.4 is 0 Å². The molecule has 11 rings (SSSR count). The van der Waals surface area contributed by atoms with Crippen LogP contribution >= 0.6 is 0 Å². The van der Waals surface area contributed by atoms with Gasteiger partial charge in [0.1, 0.15) is 11.2 Å². The highest BCUT2D eigenvalue weighted by atomic mass is 16.3. The van der Waals surface area contributed by atoms with Crippen molar-refractivity contribution in [3.8, 4) is 44.5 Å². The molecule has 0 amide bonds. The molecule has 1 heteroatoms. The minimum atomic E-state index is 0.897. The number of rotatable bonds is 4. The molecule has 1 aromatic heterocycles. The fourth-order valence-corrected chi connectivity index (χ4v) is 8.68. The first-order valence-electron chi connectivity index (χ1n) is 18.3. The van der Waals surface area contributed by atoms with Crippen LogP contribution in [0.5, 0.6) is 0 Å². The van der Waals surface area contributed by atoms with E-state index in [1.165, 1.54) is 76.6 Å². The summed E-state index contributed by atoms with van der Waals surface area (Å²) in [6.45, 7) is 0. The number of hydrogen-bond acceptors (Lipinski definition) is 1. The van der Waals surface area contributed by atoms with Crippen molar-refractivity contribution in [3.63, 3.8) is 0 Å². The van der Waals surface area contributed by atoms with Crippen molar-refractivity contribution >= 4 is 65.0 Å². The zero-order valence-corrected chi connectivity index (χ0v) is 28.9. The van der Waals surface area contributed by atoms with Crippen LogP contribution in [0.25, 0.3) is 110 Å². The van der Waals surface area contributed by atoms with Crippen LogP contribution in [0.15, 0.2) is 199 Å². The maximum atomic E-state index is 6.79. The van der Waals surface area contributed by atoms with Crippen molar-refractivity contribution < 1.29 is 4.42 Å². The molecule has 0 saturated carbocycles. The first-order valence-corrected chi connectivity index (χ1v) is 18.3. The predicted molar refractivity (Wildman–Crippen MR) is 225 cm³/mol. The van der Waals surface area contributed by atoms with Crippen LogP contribution in [0.1, 0.15) is 0 Å². The minimum Gasteiger partial charge on any atom is -0.456 e. The maximum absolute atomic E-state index is 6.79. The molecule has 53 heavy (non-hydrogen) atoms. The second-order valence-electron chi connectivity index (χ2n) is 14.0. The zero-order chi connectivity index (χ0) is 34.9. The standard InChI is InChI=1S/C52H32O/c1-3-14-33(15-4-1)36-28-29-45-47(31-36)53-48-32-37-18-7-8-20-40(37)52(51(45)48)50-43-23-11-9-21-41(43)49(42-22-10-12-24-44(42)50)38-27-26-35-19-13-25-39(46(35)30-38)34-16-5-2-6-17-34/h1-32H. The smallest absolute Gasteiger partial charge is 0.136 e. The average Bonchev–Trinajstić information content (AvgIpc) is 3.59. The van der Waals surface area contributed by atoms with Crippen LogP contribution in [-0.2, 0) is 0 Å². The number of fused-ring (bicyclic) bond motifs is 7. The van der Waals surface area contributed by atoms with Gasteiger partial charge in [0.15, 0.2) is 0 Å². The third kappa shape index (κ3) is 4.64. The summed E-state index contributed by atoms with van der Waals surface area (Å²) in [5.74, 6) is 0. The highest BCUT2D eigenvalue weighted by molar-refractivity contribution is 6.30. The summed E-state index contributed by atoms with van der Waals surface area (Å²) in [5.41, 5.74) is 11.5. The van der Waals surface area contributed by atoms with E-state index in [0.717, 1.165) is 32.9 Å². The van der Waals surface area contributed by atoms with Crippen LogP contribution in [0.3, 0.4) is 0 Å². The van der Waals surface area contributed by atoms with Gasteiger partial charge in [0.25, 0.3) is 0 Å². The van der Waals surface area contributed by atoms with Gasteiger partial charge in [-0.1, -0.05) is 170 Å². The summed E-state index contributed by atoms with van der Waals surface area (Å²) in [6.07, 6.45) is 0. The number of hydrogen-bond donors (Lipinski definition) is 0. The Morgan fingerprint density at radius 2 is 0.849 bits per heavy atom. The molecule has 0 bridgehead atoms. The Morgan fingerprint density at radius 3 is 1.57 bits per heavy atom. The molecule has 0 aliphatic carbocycles. The fraction of sp³-hybridized carbons (Fsp3) is 0. The van der Waals surface area contributed by atoms with Crippen LogP contribution in [0, 0.1) is 0 Å². The lowest BCUT2D eigenvalue weighted by Gasteiger charge is -2.20. The molecule has 11 aromatic rings. The summed E-state index contributed by atoms with van der Waals surface area (Å²) < 4.78 is 6.79. The molecular formula is C52H32O. The highest BCUT2D eigenvalue weighted by Crippen LogP contribution is 2.50. The number of benzene rings is 10. The SMILES string of the molecule is c1ccc(-c2ccc3c(c2)oc2cc4ccccc4c(-c4c5ccccc5c(-c5ccc6cccc(-c7ccccc7)c6c5)c5ccccc45)c23)cc1. The third-order valence-electron chi connectivity index (χ3n) is 11.0. The van der Waals surface area contributed by atoms with E-state index in [0.29, 0.717) is 0 Å².